The fourth-order valence-electron chi connectivity index (χ4n) is 4.49. The van der Waals surface area contributed by atoms with Crippen molar-refractivity contribution in [2.75, 3.05) is 32.8 Å². The average Bonchev–Trinajstić information content (AvgIpc) is 3.01. The number of hydrogen-bond donors (Lipinski definition) is 1. The van der Waals surface area contributed by atoms with E-state index in [1.807, 2.05) is 47.4 Å². The number of ether oxygens (including phenoxy) is 1. The lowest BCUT2D eigenvalue weighted by Crippen LogP contribution is -2.54. The highest BCUT2D eigenvalue weighted by Gasteiger charge is 2.28. The summed E-state index contributed by atoms with van der Waals surface area (Å²) < 4.78 is 5.14. The highest BCUT2D eigenvalue weighted by molar-refractivity contribution is 6.03. The van der Waals surface area contributed by atoms with Crippen LogP contribution in [0.5, 0.6) is 0 Å². The van der Waals surface area contributed by atoms with Crippen molar-refractivity contribution >= 4 is 29.5 Å². The number of carbonyl (C=O) groups is 2. The second-order valence-corrected chi connectivity index (χ2v) is 9.97. The van der Waals surface area contributed by atoms with Gasteiger partial charge in [-0.05, 0) is 63.1 Å². The number of amides is 1. The molecule has 1 amide bonds. The number of rotatable bonds is 4. The van der Waals surface area contributed by atoms with Crippen LogP contribution < -0.4 is 5.73 Å². The van der Waals surface area contributed by atoms with Gasteiger partial charge in [-0.1, -0.05) is 24.3 Å². The van der Waals surface area contributed by atoms with Gasteiger partial charge in [-0.3, -0.25) is 9.69 Å². The quantitative estimate of drug-likeness (QED) is 0.670. The van der Waals surface area contributed by atoms with Gasteiger partial charge in [-0.15, -0.1) is 0 Å². The molecule has 1 saturated heterocycles. The van der Waals surface area contributed by atoms with Crippen LogP contribution in [-0.2, 0) is 9.53 Å². The summed E-state index contributed by atoms with van der Waals surface area (Å²) in [6, 6.07) is 13.6. The lowest BCUT2D eigenvalue weighted by atomic mass is 10.00. The minimum absolute atomic E-state index is 0.0704. The molecule has 2 aromatic rings. The first-order valence-electron chi connectivity index (χ1n) is 12.2. The highest BCUT2D eigenvalue weighted by Crippen LogP contribution is 2.32. The van der Waals surface area contributed by atoms with Gasteiger partial charge in [-0.25, -0.2) is 9.79 Å². The van der Waals surface area contributed by atoms with Crippen LogP contribution in [-0.4, -0.2) is 65.8 Å². The lowest BCUT2D eigenvalue weighted by Gasteiger charge is -2.42. The van der Waals surface area contributed by atoms with Crippen molar-refractivity contribution < 1.29 is 14.3 Å². The second-order valence-electron chi connectivity index (χ2n) is 9.97. The zero-order valence-corrected chi connectivity index (χ0v) is 21.0. The molecule has 0 aliphatic carbocycles. The van der Waals surface area contributed by atoms with Crippen LogP contribution in [0.4, 0.5) is 5.69 Å². The van der Waals surface area contributed by atoms with E-state index >= 15 is 0 Å². The molecule has 2 aliphatic heterocycles. The van der Waals surface area contributed by atoms with E-state index in [2.05, 4.69) is 30.7 Å². The number of aliphatic imine (C=N–C) groups is 1. The highest BCUT2D eigenvalue weighted by atomic mass is 16.5. The molecule has 35 heavy (non-hydrogen) atoms. The topological polar surface area (TPSA) is 88.2 Å². The van der Waals surface area contributed by atoms with Crippen molar-refractivity contribution in [3.05, 3.63) is 59.2 Å². The van der Waals surface area contributed by atoms with Crippen molar-refractivity contribution in [3.8, 4) is 11.1 Å². The van der Waals surface area contributed by atoms with Crippen LogP contribution in [0.1, 0.15) is 50.0 Å². The molecule has 2 aliphatic rings. The molecule has 0 unspecified atom stereocenters. The Labute approximate surface area is 207 Å². The molecule has 2 heterocycles. The summed E-state index contributed by atoms with van der Waals surface area (Å²) >= 11 is 0. The number of esters is 1. The Morgan fingerprint density at radius 2 is 1.66 bits per heavy atom. The van der Waals surface area contributed by atoms with Gasteiger partial charge in [0.15, 0.2) is 0 Å². The first kappa shape index (κ1) is 24.7. The predicted molar refractivity (Wildman–Crippen MR) is 140 cm³/mol. The smallest absolute Gasteiger partial charge is 0.334 e. The van der Waals surface area contributed by atoms with Gasteiger partial charge < -0.3 is 15.4 Å². The Hall–Kier alpha value is -3.45. The van der Waals surface area contributed by atoms with E-state index in [4.69, 9.17) is 10.5 Å². The Morgan fingerprint density at radius 1 is 1.00 bits per heavy atom. The number of nitrogens with zero attached hydrogens (tertiary/aromatic N) is 3. The van der Waals surface area contributed by atoms with Crippen LogP contribution in [0.15, 0.2) is 53.0 Å². The van der Waals surface area contributed by atoms with Crippen molar-refractivity contribution in [2.24, 2.45) is 10.7 Å². The standard InChI is InChI=1S/C28H34N4O3/c1-5-35-27(34)23-16-22-11-10-21(17-24(22)30-25(29)18-23)19-6-8-20(9-7-19)26(33)31-12-14-32(15-13-31)28(2,3)4/h6-11,16-17H,5,12-15,18H2,1-4H3,(H2,29,30). The predicted octanol–water partition coefficient (Wildman–Crippen LogP) is 4.25. The molecule has 2 aromatic carbocycles. The minimum atomic E-state index is -0.373. The molecular formula is C28H34N4O3. The molecule has 184 valence electrons. The van der Waals surface area contributed by atoms with Crippen LogP contribution in [0.25, 0.3) is 17.2 Å². The first-order chi connectivity index (χ1) is 16.7. The lowest BCUT2D eigenvalue weighted by molar-refractivity contribution is -0.138. The third-order valence-electron chi connectivity index (χ3n) is 6.51. The number of nitrogens with two attached hydrogens (primary N) is 1. The fourth-order valence-corrected chi connectivity index (χ4v) is 4.49. The third-order valence-corrected chi connectivity index (χ3v) is 6.51. The van der Waals surface area contributed by atoms with E-state index in [0.29, 0.717) is 29.3 Å². The summed E-state index contributed by atoms with van der Waals surface area (Å²) in [5.41, 5.74) is 10.8. The number of amidine groups is 1. The number of carbonyl (C=O) groups excluding carboxylic acids is 2. The first-order valence-corrected chi connectivity index (χ1v) is 12.2. The molecule has 2 N–H and O–H groups in total. The van der Waals surface area contributed by atoms with Gasteiger partial charge in [0.25, 0.3) is 5.91 Å². The molecule has 0 bridgehead atoms. The van der Waals surface area contributed by atoms with E-state index in [1.165, 1.54) is 0 Å². The zero-order valence-electron chi connectivity index (χ0n) is 21.0. The fraction of sp³-hybridized carbons (Fsp3) is 0.393. The summed E-state index contributed by atoms with van der Waals surface area (Å²) in [5.74, 6) is 0.0661. The van der Waals surface area contributed by atoms with Gasteiger partial charge in [0.2, 0.25) is 0 Å². The van der Waals surface area contributed by atoms with Crippen molar-refractivity contribution in [3.63, 3.8) is 0 Å². The Morgan fingerprint density at radius 3 is 2.29 bits per heavy atom. The van der Waals surface area contributed by atoms with E-state index < -0.39 is 0 Å². The van der Waals surface area contributed by atoms with Gasteiger partial charge >= 0.3 is 5.97 Å². The van der Waals surface area contributed by atoms with Gasteiger partial charge in [0.1, 0.15) is 5.84 Å². The molecule has 0 atom stereocenters. The summed E-state index contributed by atoms with van der Waals surface area (Å²) in [6.07, 6.45) is 2.05. The maximum absolute atomic E-state index is 13.0. The molecule has 0 saturated carbocycles. The summed E-state index contributed by atoms with van der Waals surface area (Å²) in [7, 11) is 0. The molecule has 4 rings (SSSR count). The average molecular weight is 475 g/mol. The molecular weight excluding hydrogens is 440 g/mol. The number of fused-ring (bicyclic) bond motifs is 1. The van der Waals surface area contributed by atoms with Crippen LogP contribution in [0.3, 0.4) is 0 Å². The molecule has 0 aromatic heterocycles. The largest absolute Gasteiger partial charge is 0.463 e. The number of benzene rings is 2. The molecule has 7 heteroatoms. The van der Waals surface area contributed by atoms with Crippen LogP contribution in [0, 0.1) is 0 Å². The van der Waals surface area contributed by atoms with Crippen molar-refractivity contribution in [2.45, 2.75) is 39.7 Å². The maximum atomic E-state index is 13.0. The van der Waals surface area contributed by atoms with Gasteiger partial charge in [-0.2, -0.15) is 0 Å². The van der Waals surface area contributed by atoms with Crippen molar-refractivity contribution in [1.82, 2.24) is 9.80 Å². The molecule has 7 nitrogen and oxygen atoms in total. The molecule has 0 spiro atoms. The normalized spacial score (nSPS) is 16.6. The van der Waals surface area contributed by atoms with E-state index in [-0.39, 0.29) is 23.8 Å². The SMILES string of the molecule is CCOC(=O)C1=Cc2ccc(-c3ccc(C(=O)N4CCN(C(C)(C)C)CC4)cc3)cc2N=C(N)C1. The van der Waals surface area contributed by atoms with E-state index in [1.54, 1.807) is 13.0 Å². The second kappa shape index (κ2) is 10.0. The summed E-state index contributed by atoms with van der Waals surface area (Å²) in [6.45, 7) is 12.0. The number of piperazine rings is 1. The summed E-state index contributed by atoms with van der Waals surface area (Å²) in [5, 5.41) is 0. The minimum Gasteiger partial charge on any atom is -0.463 e. The Bertz CT molecular complexity index is 1170. The zero-order chi connectivity index (χ0) is 25.2. The van der Waals surface area contributed by atoms with Crippen LogP contribution >= 0.6 is 0 Å². The van der Waals surface area contributed by atoms with Gasteiger partial charge in [0, 0.05) is 54.8 Å². The Kier molecular flexibility index (Phi) is 7.08. The van der Waals surface area contributed by atoms with Crippen molar-refractivity contribution in [1.29, 1.82) is 0 Å². The maximum Gasteiger partial charge on any atom is 0.334 e. The third kappa shape index (κ3) is 5.62. The molecule has 1 fully saturated rings. The molecule has 0 radical (unpaired) electrons. The van der Waals surface area contributed by atoms with E-state index in [0.717, 1.165) is 42.9 Å². The van der Waals surface area contributed by atoms with Gasteiger partial charge in [0.05, 0.1) is 12.3 Å². The summed E-state index contributed by atoms with van der Waals surface area (Å²) in [4.78, 5) is 34.1. The van der Waals surface area contributed by atoms with Crippen LogP contribution in [0.2, 0.25) is 0 Å². The monoisotopic (exact) mass is 474 g/mol. The number of hydrogen-bond acceptors (Lipinski definition) is 6. The van der Waals surface area contributed by atoms with E-state index in [9.17, 15) is 9.59 Å². The Balaban J connectivity index is 1.50.